The number of carbonyl (C=O) groups is 1. The number of imidazole rings is 1. The van der Waals surface area contributed by atoms with Crippen molar-refractivity contribution >= 4 is 22.8 Å². The molecule has 0 aliphatic rings. The van der Waals surface area contributed by atoms with Gasteiger partial charge in [0.15, 0.2) is 5.82 Å². The van der Waals surface area contributed by atoms with Crippen LogP contribution in [-0.4, -0.2) is 33.6 Å². The number of anilines is 1. The summed E-state index contributed by atoms with van der Waals surface area (Å²) >= 11 is 0. The molecule has 0 radical (unpaired) electrons. The maximum atomic E-state index is 11.8. The second-order valence-corrected chi connectivity index (χ2v) is 6.53. The molecule has 0 saturated heterocycles. The molecule has 0 saturated carbocycles. The number of aromatic nitrogens is 3. The minimum absolute atomic E-state index is 0.123. The van der Waals surface area contributed by atoms with E-state index >= 15 is 0 Å². The number of unbranched alkanes of at least 4 members (excludes halogenated alkanes) is 1. The largest absolute Gasteiger partial charge is 0.382 e. The van der Waals surface area contributed by atoms with Gasteiger partial charge in [-0.3, -0.25) is 4.79 Å². The van der Waals surface area contributed by atoms with E-state index in [9.17, 15) is 4.79 Å². The molecule has 7 nitrogen and oxygen atoms in total. The van der Waals surface area contributed by atoms with Gasteiger partial charge in [-0.1, -0.05) is 13.3 Å². The summed E-state index contributed by atoms with van der Waals surface area (Å²) in [5.41, 5.74) is 9.83. The molecule has 144 valence electrons. The summed E-state index contributed by atoms with van der Waals surface area (Å²) in [6.45, 7) is 10.5. The van der Waals surface area contributed by atoms with Crippen molar-refractivity contribution in [2.24, 2.45) is 0 Å². The van der Waals surface area contributed by atoms with Gasteiger partial charge >= 0.3 is 0 Å². The molecule has 2 aromatic heterocycles. The lowest BCUT2D eigenvalue weighted by molar-refractivity contribution is -0.121. The van der Waals surface area contributed by atoms with Crippen molar-refractivity contribution in [2.75, 3.05) is 18.9 Å². The third kappa shape index (κ3) is 4.72. The average molecular weight is 361 g/mol. The Hall–Kier alpha value is -2.15. The van der Waals surface area contributed by atoms with E-state index in [0.717, 1.165) is 53.9 Å². The molecular weight excluding hydrogens is 330 g/mol. The lowest BCUT2D eigenvalue weighted by atomic mass is 10.2. The van der Waals surface area contributed by atoms with Crippen LogP contribution in [0.4, 0.5) is 5.82 Å². The average Bonchev–Trinajstić information content (AvgIpc) is 2.99. The standard InChI is InChI=1S/C19H31N5O2/c1-5-7-9-16(25)21-10-8-11-24-15(12-26-6-2)23-17-18(24)13(3)14(4)22-19(17)20/h5-12H2,1-4H3,(H2,20,22)(H,21,25). The van der Waals surface area contributed by atoms with Crippen LogP contribution >= 0.6 is 0 Å². The summed E-state index contributed by atoms with van der Waals surface area (Å²) in [5.74, 6) is 1.42. The molecule has 0 spiro atoms. The summed E-state index contributed by atoms with van der Waals surface area (Å²) in [6.07, 6.45) is 3.38. The second-order valence-electron chi connectivity index (χ2n) is 6.53. The summed E-state index contributed by atoms with van der Waals surface area (Å²) in [7, 11) is 0. The van der Waals surface area contributed by atoms with Crippen molar-refractivity contribution in [3.05, 3.63) is 17.1 Å². The first-order valence-electron chi connectivity index (χ1n) is 9.45. The number of carbonyl (C=O) groups excluding carboxylic acids is 1. The molecule has 0 unspecified atom stereocenters. The topological polar surface area (TPSA) is 95.1 Å². The minimum Gasteiger partial charge on any atom is -0.382 e. The Kier molecular flexibility index (Phi) is 7.38. The van der Waals surface area contributed by atoms with Crippen LogP contribution in [0, 0.1) is 13.8 Å². The van der Waals surface area contributed by atoms with Crippen LogP contribution in [-0.2, 0) is 22.7 Å². The van der Waals surface area contributed by atoms with Crippen molar-refractivity contribution in [3.63, 3.8) is 0 Å². The van der Waals surface area contributed by atoms with Gasteiger partial charge in [0.05, 0.1) is 5.52 Å². The molecule has 7 heteroatoms. The van der Waals surface area contributed by atoms with E-state index in [1.54, 1.807) is 0 Å². The van der Waals surface area contributed by atoms with Crippen molar-refractivity contribution < 1.29 is 9.53 Å². The third-order valence-electron chi connectivity index (χ3n) is 4.55. The SMILES string of the molecule is CCCCC(=O)NCCCn1c(COCC)nc2c(N)nc(C)c(C)c21. The maximum absolute atomic E-state index is 11.8. The highest BCUT2D eigenvalue weighted by atomic mass is 16.5. The van der Waals surface area contributed by atoms with E-state index in [1.807, 2.05) is 20.8 Å². The number of aryl methyl sites for hydroxylation is 3. The highest BCUT2D eigenvalue weighted by Crippen LogP contribution is 2.26. The van der Waals surface area contributed by atoms with E-state index in [2.05, 4.69) is 26.8 Å². The summed E-state index contributed by atoms with van der Waals surface area (Å²) < 4.78 is 7.73. The Bertz CT molecular complexity index is 754. The molecular formula is C19H31N5O2. The number of nitrogens with two attached hydrogens (primary N) is 1. The number of hydrogen-bond donors (Lipinski definition) is 2. The number of rotatable bonds is 10. The van der Waals surface area contributed by atoms with Crippen LogP contribution in [0.2, 0.25) is 0 Å². The van der Waals surface area contributed by atoms with Crippen molar-refractivity contribution in [1.29, 1.82) is 0 Å². The van der Waals surface area contributed by atoms with E-state index in [1.165, 1.54) is 0 Å². The minimum atomic E-state index is 0.123. The molecule has 3 N–H and O–H groups in total. The number of hydrogen-bond acceptors (Lipinski definition) is 5. The lowest BCUT2D eigenvalue weighted by Gasteiger charge is -2.12. The van der Waals surface area contributed by atoms with Crippen LogP contribution < -0.4 is 11.1 Å². The zero-order chi connectivity index (χ0) is 19.1. The molecule has 2 aromatic rings. The summed E-state index contributed by atoms with van der Waals surface area (Å²) in [4.78, 5) is 20.8. The first-order valence-corrected chi connectivity index (χ1v) is 9.45. The number of nitrogen functional groups attached to an aromatic ring is 1. The van der Waals surface area contributed by atoms with Crippen molar-refractivity contribution in [1.82, 2.24) is 19.9 Å². The van der Waals surface area contributed by atoms with E-state index in [-0.39, 0.29) is 5.91 Å². The Labute approximate surface area is 155 Å². The molecule has 2 rings (SSSR count). The number of amides is 1. The van der Waals surface area contributed by atoms with E-state index in [4.69, 9.17) is 10.5 Å². The molecule has 0 fully saturated rings. The van der Waals surface area contributed by atoms with Crippen LogP contribution in [0.5, 0.6) is 0 Å². The highest BCUT2D eigenvalue weighted by Gasteiger charge is 2.17. The van der Waals surface area contributed by atoms with Gasteiger partial charge in [0.25, 0.3) is 0 Å². The Morgan fingerprint density at radius 2 is 2.00 bits per heavy atom. The number of nitrogens with zero attached hydrogens (tertiary/aromatic N) is 3. The molecule has 0 aliphatic heterocycles. The van der Waals surface area contributed by atoms with E-state index < -0.39 is 0 Å². The summed E-state index contributed by atoms with van der Waals surface area (Å²) in [5, 5.41) is 2.99. The second kappa shape index (κ2) is 9.52. The van der Waals surface area contributed by atoms with Gasteiger partial charge < -0.3 is 20.4 Å². The van der Waals surface area contributed by atoms with Crippen LogP contribution in [0.3, 0.4) is 0 Å². The fourth-order valence-corrected chi connectivity index (χ4v) is 2.98. The number of pyridine rings is 1. The molecule has 2 heterocycles. The van der Waals surface area contributed by atoms with Crippen LogP contribution in [0.1, 0.15) is 56.6 Å². The Morgan fingerprint density at radius 1 is 1.23 bits per heavy atom. The normalized spacial score (nSPS) is 11.2. The predicted molar refractivity (Wildman–Crippen MR) is 104 cm³/mol. The first-order chi connectivity index (χ1) is 12.5. The summed E-state index contributed by atoms with van der Waals surface area (Å²) in [6, 6.07) is 0. The van der Waals surface area contributed by atoms with Gasteiger partial charge in [-0.25, -0.2) is 9.97 Å². The zero-order valence-corrected chi connectivity index (χ0v) is 16.4. The van der Waals surface area contributed by atoms with Gasteiger partial charge in [-0.15, -0.1) is 0 Å². The molecule has 1 amide bonds. The van der Waals surface area contributed by atoms with Gasteiger partial charge in [0.1, 0.15) is 17.9 Å². The lowest BCUT2D eigenvalue weighted by Crippen LogP contribution is -2.25. The smallest absolute Gasteiger partial charge is 0.219 e. The van der Waals surface area contributed by atoms with Crippen LogP contribution in [0.25, 0.3) is 11.0 Å². The van der Waals surface area contributed by atoms with Crippen molar-refractivity contribution in [2.45, 2.75) is 66.5 Å². The molecule has 26 heavy (non-hydrogen) atoms. The molecule has 0 bridgehead atoms. The van der Waals surface area contributed by atoms with Gasteiger partial charge in [-0.05, 0) is 39.2 Å². The van der Waals surface area contributed by atoms with Gasteiger partial charge in [0.2, 0.25) is 5.91 Å². The monoisotopic (exact) mass is 361 g/mol. The van der Waals surface area contributed by atoms with E-state index in [0.29, 0.717) is 32.0 Å². The molecule has 0 aliphatic carbocycles. The van der Waals surface area contributed by atoms with Crippen molar-refractivity contribution in [3.8, 4) is 0 Å². The maximum Gasteiger partial charge on any atom is 0.219 e. The van der Waals surface area contributed by atoms with Gasteiger partial charge in [0, 0.05) is 31.8 Å². The Morgan fingerprint density at radius 3 is 2.69 bits per heavy atom. The van der Waals surface area contributed by atoms with Crippen LogP contribution in [0.15, 0.2) is 0 Å². The predicted octanol–water partition coefficient (Wildman–Crippen LogP) is 2.86. The number of nitrogens with one attached hydrogen (secondary N) is 1. The van der Waals surface area contributed by atoms with Gasteiger partial charge in [-0.2, -0.15) is 0 Å². The molecule has 0 atom stereocenters. The fraction of sp³-hybridized carbons (Fsp3) is 0.632. The zero-order valence-electron chi connectivity index (χ0n) is 16.4. The first kappa shape index (κ1) is 20.2. The quantitative estimate of drug-likeness (QED) is 0.635. The highest BCUT2D eigenvalue weighted by molar-refractivity contribution is 5.88. The fourth-order valence-electron chi connectivity index (χ4n) is 2.98. The Balaban J connectivity index is 2.17. The number of fused-ring (bicyclic) bond motifs is 1. The molecule has 0 aromatic carbocycles. The third-order valence-corrected chi connectivity index (χ3v) is 4.55. The number of ether oxygens (including phenoxy) is 1.